The first kappa shape index (κ1) is 72.8. The Kier molecular flexibility index (Phi) is 17.0. The first-order valence-corrected chi connectivity index (χ1v) is 40.6. The van der Waals surface area contributed by atoms with Crippen LogP contribution in [0.4, 0.5) is 34.1 Å². The molecule has 0 spiro atoms. The van der Waals surface area contributed by atoms with E-state index in [1.165, 1.54) is 93.4 Å². The topological polar surface area (TPSA) is 29.2 Å². The normalized spacial score (nSPS) is 13.3. The van der Waals surface area contributed by atoms with Gasteiger partial charge in [-0.05, 0) is 225 Å². The highest BCUT2D eigenvalue weighted by molar-refractivity contribution is 7.00. The molecule has 2 aliphatic heterocycles. The van der Waals surface area contributed by atoms with E-state index in [0.29, 0.717) is 0 Å². The van der Waals surface area contributed by atoms with E-state index in [0.717, 1.165) is 101 Å². The summed E-state index contributed by atoms with van der Waals surface area (Å²) in [7, 11) is 0. The van der Waals surface area contributed by atoms with Crippen molar-refractivity contribution in [2.45, 2.75) is 157 Å². The molecule has 0 unspecified atom stereocenters. The Morgan fingerprint density at radius 3 is 0.814 bits per heavy atom. The first-order chi connectivity index (χ1) is 53.8. The minimum Gasteiger partial charge on any atom is -0.310 e. The molecule has 0 saturated heterocycles. The molecule has 5 nitrogen and oxygen atoms in total. The van der Waals surface area contributed by atoms with Crippen molar-refractivity contribution in [3.63, 3.8) is 0 Å². The Labute approximate surface area is 669 Å². The van der Waals surface area contributed by atoms with Gasteiger partial charge in [-0.15, -0.1) is 0 Å². The molecule has 0 radical (unpaired) electrons. The lowest BCUT2D eigenvalue weighted by molar-refractivity contribution is 0.590. The zero-order valence-corrected chi connectivity index (χ0v) is 69.0. The molecule has 0 atom stereocenters. The highest BCUT2D eigenvalue weighted by atomic mass is 15.2. The molecule has 6 heteroatoms. The van der Waals surface area contributed by atoms with Gasteiger partial charge in [0.15, 0.2) is 0 Å². The van der Waals surface area contributed by atoms with Gasteiger partial charge >= 0.3 is 0 Å². The average molecular weight is 1470 g/mol. The molecule has 16 aromatic rings. The number of pyridine rings is 1. The molecule has 0 fully saturated rings. The van der Waals surface area contributed by atoms with Crippen LogP contribution in [0.2, 0.25) is 0 Å². The van der Waals surface area contributed by atoms with Crippen molar-refractivity contribution in [1.82, 2.24) is 14.1 Å². The van der Waals surface area contributed by atoms with Crippen molar-refractivity contribution in [3.8, 4) is 67.0 Å². The van der Waals surface area contributed by atoms with E-state index in [-0.39, 0.29) is 39.2 Å². The number of aromatic nitrogens is 3. The van der Waals surface area contributed by atoms with Gasteiger partial charge in [-0.3, -0.25) is 4.98 Å². The van der Waals surface area contributed by atoms with Crippen LogP contribution in [-0.4, -0.2) is 20.8 Å². The fraction of sp³-hybridized carbons (Fsp3) is 0.224. The Balaban J connectivity index is 1.04. The quantitative estimate of drug-likeness (QED) is 0.135. The summed E-state index contributed by atoms with van der Waals surface area (Å²) < 4.78 is 5.13. The van der Waals surface area contributed by atoms with Gasteiger partial charge in [0.05, 0.1) is 33.4 Å². The maximum Gasteiger partial charge on any atom is 0.252 e. The van der Waals surface area contributed by atoms with Gasteiger partial charge in [-0.2, -0.15) is 0 Å². The van der Waals surface area contributed by atoms with E-state index in [1.54, 1.807) is 0 Å². The van der Waals surface area contributed by atoms with Crippen LogP contribution in [0.15, 0.2) is 291 Å². The molecular formula is C107H102BN5. The third-order valence-corrected chi connectivity index (χ3v) is 24.3. The van der Waals surface area contributed by atoms with Crippen LogP contribution in [0.3, 0.4) is 0 Å². The molecule has 5 heterocycles. The fourth-order valence-electron chi connectivity index (χ4n) is 17.9. The van der Waals surface area contributed by atoms with Crippen molar-refractivity contribution in [3.05, 3.63) is 325 Å². The Morgan fingerprint density at radius 2 is 0.540 bits per heavy atom. The average Bonchev–Trinajstić information content (AvgIpc) is 0.750. The summed E-state index contributed by atoms with van der Waals surface area (Å²) in [6.07, 6.45) is 3.97. The highest BCUT2D eigenvalue weighted by Gasteiger charge is 2.47. The third kappa shape index (κ3) is 12.5. The molecule has 113 heavy (non-hydrogen) atoms. The van der Waals surface area contributed by atoms with Gasteiger partial charge in [0, 0.05) is 95.9 Å². The van der Waals surface area contributed by atoms with Crippen molar-refractivity contribution in [2.24, 2.45) is 0 Å². The van der Waals surface area contributed by atoms with E-state index in [1.807, 2.05) is 6.20 Å². The molecule has 0 aliphatic carbocycles. The predicted molar refractivity (Wildman–Crippen MR) is 486 cm³/mol. The molecule has 0 bridgehead atoms. The summed E-state index contributed by atoms with van der Waals surface area (Å²) in [5, 5.41) is 5.02. The van der Waals surface area contributed by atoms with Gasteiger partial charge in [-0.25, -0.2) is 0 Å². The molecule has 18 rings (SSSR count). The van der Waals surface area contributed by atoms with Gasteiger partial charge in [0.1, 0.15) is 0 Å². The molecule has 2 aliphatic rings. The molecule has 0 N–H and O–H groups in total. The number of benzene rings is 13. The van der Waals surface area contributed by atoms with E-state index in [9.17, 15) is 0 Å². The lowest BCUT2D eigenvalue weighted by atomic mass is 9.33. The van der Waals surface area contributed by atoms with Crippen LogP contribution in [0.1, 0.15) is 158 Å². The number of hydrogen-bond donors (Lipinski definition) is 0. The third-order valence-electron chi connectivity index (χ3n) is 24.3. The molecular weight excluding hydrogens is 1370 g/mol. The SMILES string of the molecule is CC(C)(C)c1cc(-c2ccccc2)c(N2c3cc(-n4c5ccc(C(C)(C)C)cc5c5cc(C(C)(C)C)ccc54)ccc3B3c4ccc(-n5c6ccc(C(C)(C)C)cc6c6cc(C(C)(C)C)ccc65)cc4N(c4c(-c5ccccc5)cc(C(C)(C)C)cc4-c4ccccc4)c4cc(-c5cccnc5)cc2c43)c(-c2ccccc2)c1. The van der Waals surface area contributed by atoms with Crippen molar-refractivity contribution < 1.29 is 0 Å². The second kappa shape index (κ2) is 26.5. The standard InChI is InChI=1S/C107H102BN5/c1-102(2,3)73-41-49-91-85(56-73)86-57-74(103(4,5)6)42-50-92(86)110(91)79-45-47-89-95(64-79)112(100-81(67-32-23-19-24-33-67)60-77(106(13,14)15)61-82(100)68-34-25-20-26-35-68)97-54-72(71-40-31-53-109-66-71)55-98-99(97)108(89)90-48-46-80(111-93-51-43-75(104(7,8)9)58-87(93)88-59-76(105(10,11)12)44-52-94(88)111)65-96(90)113(98)101-83(69-36-27-21-28-37-69)62-78(107(16,17)18)63-84(101)70-38-29-22-30-39-70/h19-66H,1-18H3. The lowest BCUT2D eigenvalue weighted by Gasteiger charge is -2.46. The summed E-state index contributed by atoms with van der Waals surface area (Å²) >= 11 is 0. The van der Waals surface area contributed by atoms with E-state index >= 15 is 0 Å². The van der Waals surface area contributed by atoms with E-state index in [2.05, 4.69) is 429 Å². The van der Waals surface area contributed by atoms with Crippen LogP contribution in [0, 0.1) is 0 Å². The fourth-order valence-corrected chi connectivity index (χ4v) is 17.9. The summed E-state index contributed by atoms with van der Waals surface area (Å²) in [4.78, 5) is 10.4. The molecule has 0 amide bonds. The summed E-state index contributed by atoms with van der Waals surface area (Å²) in [5.41, 5.74) is 35.4. The summed E-state index contributed by atoms with van der Waals surface area (Å²) in [5.74, 6) is 0. The number of nitrogens with zero attached hydrogens (tertiary/aromatic N) is 5. The summed E-state index contributed by atoms with van der Waals surface area (Å²) in [6.45, 7) is 41.9. The predicted octanol–water partition coefficient (Wildman–Crippen LogP) is 27.5. The van der Waals surface area contributed by atoms with E-state index < -0.39 is 0 Å². The maximum absolute atomic E-state index is 4.99. The minimum atomic E-state index is -0.296. The maximum atomic E-state index is 4.99. The molecule has 558 valence electrons. The summed E-state index contributed by atoms with van der Waals surface area (Å²) in [6, 6.07) is 108. The van der Waals surface area contributed by atoms with Crippen LogP contribution in [0.5, 0.6) is 0 Å². The van der Waals surface area contributed by atoms with Gasteiger partial charge in [0.2, 0.25) is 0 Å². The van der Waals surface area contributed by atoms with Crippen LogP contribution >= 0.6 is 0 Å². The first-order valence-electron chi connectivity index (χ1n) is 40.6. The van der Waals surface area contributed by atoms with Gasteiger partial charge in [0.25, 0.3) is 6.71 Å². The van der Waals surface area contributed by atoms with Gasteiger partial charge < -0.3 is 18.9 Å². The van der Waals surface area contributed by atoms with Crippen LogP contribution < -0.4 is 26.2 Å². The van der Waals surface area contributed by atoms with Crippen molar-refractivity contribution in [1.29, 1.82) is 0 Å². The van der Waals surface area contributed by atoms with Crippen molar-refractivity contribution >= 4 is 101 Å². The number of hydrogen-bond acceptors (Lipinski definition) is 3. The minimum absolute atomic E-state index is 0.0720. The Morgan fingerprint density at radius 1 is 0.248 bits per heavy atom. The lowest BCUT2D eigenvalue weighted by Crippen LogP contribution is -2.61. The van der Waals surface area contributed by atoms with Crippen LogP contribution in [-0.2, 0) is 32.5 Å². The van der Waals surface area contributed by atoms with Gasteiger partial charge in [-0.1, -0.05) is 288 Å². The monoisotopic (exact) mass is 1470 g/mol. The Hall–Kier alpha value is -11.7. The highest BCUT2D eigenvalue weighted by Crippen LogP contribution is 2.56. The second-order valence-electron chi connectivity index (χ2n) is 38.2. The molecule has 3 aromatic heterocycles. The smallest absolute Gasteiger partial charge is 0.252 e. The van der Waals surface area contributed by atoms with E-state index in [4.69, 9.17) is 4.98 Å². The zero-order chi connectivity index (χ0) is 78.7. The largest absolute Gasteiger partial charge is 0.310 e. The number of rotatable bonds is 9. The molecule has 0 saturated carbocycles. The molecule has 13 aromatic carbocycles. The van der Waals surface area contributed by atoms with Crippen LogP contribution in [0.25, 0.3) is 111 Å². The number of anilines is 6. The number of fused-ring (bicyclic) bond motifs is 10. The second-order valence-corrected chi connectivity index (χ2v) is 38.2. The Bertz CT molecular complexity index is 5820. The zero-order valence-electron chi connectivity index (χ0n) is 69.0. The van der Waals surface area contributed by atoms with Crippen molar-refractivity contribution in [2.75, 3.05) is 9.80 Å².